The van der Waals surface area contributed by atoms with Gasteiger partial charge in [-0.05, 0) is 37.4 Å². The van der Waals surface area contributed by atoms with Crippen LogP contribution < -0.4 is 20.1 Å². The van der Waals surface area contributed by atoms with E-state index in [1.807, 2.05) is 0 Å². The predicted octanol–water partition coefficient (Wildman–Crippen LogP) is 2.06. The minimum absolute atomic E-state index is 0. The van der Waals surface area contributed by atoms with Crippen LogP contribution >= 0.6 is 12.4 Å². The summed E-state index contributed by atoms with van der Waals surface area (Å²) in [6.45, 7) is 1.27. The molecule has 0 unspecified atom stereocenters. The van der Waals surface area contributed by atoms with Crippen molar-refractivity contribution in [2.24, 2.45) is 5.92 Å². The molecule has 1 saturated carbocycles. The Hall–Kier alpha value is -1.46. The maximum absolute atomic E-state index is 11.7. The Morgan fingerprint density at radius 3 is 2.55 bits per heavy atom. The molecule has 0 heterocycles. The minimum Gasteiger partial charge on any atom is -0.493 e. The lowest BCUT2D eigenvalue weighted by Crippen LogP contribution is -2.29. The molecule has 1 aromatic rings. The fourth-order valence-electron chi connectivity index (χ4n) is 1.83. The molecule has 2 rings (SSSR count). The lowest BCUT2D eigenvalue weighted by atomic mass is 10.2. The molecule has 20 heavy (non-hydrogen) atoms. The van der Waals surface area contributed by atoms with Crippen LogP contribution in [0.5, 0.6) is 11.5 Å². The average molecular weight is 301 g/mol. The van der Waals surface area contributed by atoms with Crippen molar-refractivity contribution in [2.45, 2.75) is 12.8 Å². The number of ether oxygens (including phenoxy) is 2. The lowest BCUT2D eigenvalue weighted by Gasteiger charge is -2.10. The third-order valence-electron chi connectivity index (χ3n) is 3.08. The van der Waals surface area contributed by atoms with Crippen molar-refractivity contribution in [3.63, 3.8) is 0 Å². The van der Waals surface area contributed by atoms with E-state index in [1.54, 1.807) is 32.4 Å². The number of nitrogens with one attached hydrogen (secondary N) is 2. The van der Waals surface area contributed by atoms with Gasteiger partial charge in [-0.2, -0.15) is 0 Å². The molecule has 1 aromatic carbocycles. The highest BCUT2D eigenvalue weighted by Gasteiger charge is 2.20. The summed E-state index contributed by atoms with van der Waals surface area (Å²) in [5.74, 6) is 1.97. The highest BCUT2D eigenvalue weighted by Crippen LogP contribution is 2.29. The van der Waals surface area contributed by atoms with E-state index in [9.17, 15) is 4.79 Å². The fourth-order valence-corrected chi connectivity index (χ4v) is 1.83. The van der Waals surface area contributed by atoms with Gasteiger partial charge in [0.1, 0.15) is 0 Å². The van der Waals surface area contributed by atoms with Gasteiger partial charge in [0.15, 0.2) is 11.5 Å². The monoisotopic (exact) mass is 300 g/mol. The second-order valence-corrected chi connectivity index (χ2v) is 4.69. The van der Waals surface area contributed by atoms with E-state index in [4.69, 9.17) is 9.47 Å². The molecule has 1 amide bonds. The summed E-state index contributed by atoms with van der Waals surface area (Å²) in [5.41, 5.74) is 0.705. The van der Waals surface area contributed by atoms with Crippen LogP contribution in [0.25, 0.3) is 0 Å². The van der Waals surface area contributed by atoms with Gasteiger partial charge in [-0.15, -0.1) is 12.4 Å². The van der Waals surface area contributed by atoms with E-state index in [0.29, 0.717) is 23.7 Å². The van der Waals surface area contributed by atoms with Crippen molar-refractivity contribution in [1.82, 2.24) is 5.32 Å². The number of benzene rings is 1. The molecule has 1 aliphatic carbocycles. The molecule has 0 bridgehead atoms. The molecule has 0 aromatic heterocycles. The van der Waals surface area contributed by atoms with Crippen LogP contribution in [0.15, 0.2) is 18.2 Å². The quantitative estimate of drug-likeness (QED) is 0.809. The summed E-state index contributed by atoms with van der Waals surface area (Å²) >= 11 is 0. The van der Waals surface area contributed by atoms with Crippen LogP contribution in [-0.2, 0) is 4.79 Å². The van der Waals surface area contributed by atoms with Crippen LogP contribution in [-0.4, -0.2) is 33.2 Å². The van der Waals surface area contributed by atoms with E-state index in [1.165, 1.54) is 12.8 Å². The molecule has 2 N–H and O–H groups in total. The lowest BCUT2D eigenvalue weighted by molar-refractivity contribution is -0.115. The van der Waals surface area contributed by atoms with E-state index >= 15 is 0 Å². The number of hydrogen-bond donors (Lipinski definition) is 2. The van der Waals surface area contributed by atoms with Crippen LogP contribution in [0.2, 0.25) is 0 Å². The van der Waals surface area contributed by atoms with Crippen molar-refractivity contribution >= 4 is 24.0 Å². The largest absolute Gasteiger partial charge is 0.493 e. The standard InChI is InChI=1S/C14H20N2O3.ClH/c1-18-12-6-5-11(7-13(12)19-2)16-14(17)9-15-8-10-3-4-10;/h5-7,10,15H,3-4,8-9H2,1-2H3,(H,16,17);1H. The van der Waals surface area contributed by atoms with Gasteiger partial charge < -0.3 is 20.1 Å². The van der Waals surface area contributed by atoms with Crippen molar-refractivity contribution in [3.05, 3.63) is 18.2 Å². The molecular weight excluding hydrogens is 280 g/mol. The molecule has 0 atom stereocenters. The molecule has 5 nitrogen and oxygen atoms in total. The molecule has 6 heteroatoms. The van der Waals surface area contributed by atoms with E-state index in [2.05, 4.69) is 10.6 Å². The molecule has 0 saturated heterocycles. The number of methoxy groups -OCH3 is 2. The van der Waals surface area contributed by atoms with Gasteiger partial charge in [0, 0.05) is 11.8 Å². The van der Waals surface area contributed by atoms with E-state index in [0.717, 1.165) is 12.5 Å². The zero-order valence-electron chi connectivity index (χ0n) is 11.8. The fraction of sp³-hybridized carbons (Fsp3) is 0.500. The molecule has 1 aliphatic rings. The number of halogens is 1. The highest BCUT2D eigenvalue weighted by atomic mass is 35.5. The summed E-state index contributed by atoms with van der Waals surface area (Å²) in [7, 11) is 3.15. The number of carbonyl (C=O) groups is 1. The number of anilines is 1. The molecular formula is C14H21ClN2O3. The van der Waals surface area contributed by atoms with Crippen LogP contribution in [0.4, 0.5) is 5.69 Å². The van der Waals surface area contributed by atoms with Gasteiger partial charge in [0.05, 0.1) is 20.8 Å². The van der Waals surface area contributed by atoms with Gasteiger partial charge in [0.25, 0.3) is 0 Å². The Balaban J connectivity index is 0.00000200. The number of carbonyl (C=O) groups excluding carboxylic acids is 1. The summed E-state index contributed by atoms with van der Waals surface area (Å²) in [5, 5.41) is 5.98. The molecule has 0 spiro atoms. The Morgan fingerprint density at radius 2 is 1.95 bits per heavy atom. The summed E-state index contributed by atoms with van der Waals surface area (Å²) in [6.07, 6.45) is 2.56. The van der Waals surface area contributed by atoms with Gasteiger partial charge >= 0.3 is 0 Å². The first-order chi connectivity index (χ1) is 9.22. The van der Waals surface area contributed by atoms with Crippen LogP contribution in [0.1, 0.15) is 12.8 Å². The molecule has 112 valence electrons. The zero-order chi connectivity index (χ0) is 13.7. The van der Waals surface area contributed by atoms with Crippen LogP contribution in [0.3, 0.4) is 0 Å². The average Bonchev–Trinajstić information content (AvgIpc) is 3.22. The second-order valence-electron chi connectivity index (χ2n) is 4.69. The topological polar surface area (TPSA) is 59.6 Å². The zero-order valence-corrected chi connectivity index (χ0v) is 12.6. The number of amides is 1. The second kappa shape index (κ2) is 7.97. The Morgan fingerprint density at radius 1 is 1.25 bits per heavy atom. The maximum atomic E-state index is 11.7. The van der Waals surface area contributed by atoms with Crippen molar-refractivity contribution < 1.29 is 14.3 Å². The SMILES string of the molecule is COc1ccc(NC(=O)CNCC2CC2)cc1OC.Cl. The maximum Gasteiger partial charge on any atom is 0.238 e. The van der Waals surface area contributed by atoms with Crippen molar-refractivity contribution in [2.75, 3.05) is 32.6 Å². The van der Waals surface area contributed by atoms with E-state index in [-0.39, 0.29) is 18.3 Å². The molecule has 0 radical (unpaired) electrons. The molecule has 1 fully saturated rings. The van der Waals surface area contributed by atoms with Gasteiger partial charge in [-0.1, -0.05) is 0 Å². The first-order valence-electron chi connectivity index (χ1n) is 6.45. The normalized spacial score (nSPS) is 13.3. The number of rotatable bonds is 7. The van der Waals surface area contributed by atoms with Crippen LogP contribution in [0, 0.1) is 5.92 Å². The Labute approximate surface area is 125 Å². The minimum atomic E-state index is -0.0483. The summed E-state index contributed by atoms with van der Waals surface area (Å²) in [4.78, 5) is 11.7. The highest BCUT2D eigenvalue weighted by molar-refractivity contribution is 5.92. The third kappa shape index (κ3) is 4.90. The van der Waals surface area contributed by atoms with Gasteiger partial charge in [0.2, 0.25) is 5.91 Å². The smallest absolute Gasteiger partial charge is 0.238 e. The first-order valence-corrected chi connectivity index (χ1v) is 6.45. The summed E-state index contributed by atoms with van der Waals surface area (Å²) < 4.78 is 10.3. The Kier molecular flexibility index (Phi) is 6.61. The Bertz CT molecular complexity index is 450. The summed E-state index contributed by atoms with van der Waals surface area (Å²) in [6, 6.07) is 5.31. The van der Waals surface area contributed by atoms with Crippen molar-refractivity contribution in [1.29, 1.82) is 0 Å². The predicted molar refractivity (Wildman–Crippen MR) is 81.0 cm³/mol. The first kappa shape index (κ1) is 16.6. The van der Waals surface area contributed by atoms with Gasteiger partial charge in [-0.3, -0.25) is 4.79 Å². The number of hydrogen-bond acceptors (Lipinski definition) is 4. The third-order valence-corrected chi connectivity index (χ3v) is 3.08. The van der Waals surface area contributed by atoms with Crippen molar-refractivity contribution in [3.8, 4) is 11.5 Å². The molecule has 0 aliphatic heterocycles. The van der Waals surface area contributed by atoms with E-state index < -0.39 is 0 Å². The van der Waals surface area contributed by atoms with Gasteiger partial charge in [-0.25, -0.2) is 0 Å².